The first kappa shape index (κ1) is 20.1. The second kappa shape index (κ2) is 8.95. The molecule has 0 aliphatic carbocycles. The van der Waals surface area contributed by atoms with E-state index in [0.29, 0.717) is 8.87 Å². The molecule has 0 N–H and O–H groups in total. The average molecular weight is 592 g/mol. The van der Waals surface area contributed by atoms with E-state index in [2.05, 4.69) is 0 Å². The average Bonchev–Trinajstić information content (AvgIpc) is 2.39. The molecule has 0 radical (unpaired) electrons. The fraction of sp³-hybridized carbons (Fsp3) is 1.00. The Kier molecular flexibility index (Phi) is 8.19. The van der Waals surface area contributed by atoms with Crippen LogP contribution in [-0.4, -0.2) is 51.9 Å². The van der Waals surface area contributed by atoms with Crippen molar-refractivity contribution in [3.05, 3.63) is 0 Å². The predicted molar refractivity (Wildman–Crippen MR) is 81.9 cm³/mol. The molecule has 130 valence electrons. The Morgan fingerprint density at radius 1 is 0.864 bits per heavy atom. The Morgan fingerprint density at radius 3 is 1.50 bits per heavy atom. The van der Waals surface area contributed by atoms with Crippen molar-refractivity contribution in [3.63, 3.8) is 0 Å². The molecule has 0 spiro atoms. The van der Waals surface area contributed by atoms with Crippen LogP contribution in [0.15, 0.2) is 0 Å². The topological polar surface area (TPSA) is 107 Å². The molecule has 0 atom stereocenters. The maximum atomic E-state index is 12.1. The molecule has 2 saturated heterocycles. The first-order valence-corrected chi connectivity index (χ1v) is 20.9. The molecule has 9 nitrogen and oxygen atoms in total. The van der Waals surface area contributed by atoms with Gasteiger partial charge >= 0.3 is 149 Å². The van der Waals surface area contributed by atoms with E-state index in [-0.39, 0.29) is 0 Å². The van der Waals surface area contributed by atoms with Gasteiger partial charge in [-0.25, -0.2) is 0 Å². The van der Waals surface area contributed by atoms with Crippen molar-refractivity contribution in [1.29, 1.82) is 0 Å². The molecule has 22 heavy (non-hydrogen) atoms. The number of unbranched alkanes of at least 4 members (excludes halogenated alkanes) is 2. The van der Waals surface area contributed by atoms with E-state index in [1.54, 1.807) is 0 Å². The maximum absolute atomic E-state index is 12.1. The molecule has 0 unspecified atom stereocenters. The van der Waals surface area contributed by atoms with Gasteiger partial charge in [0.05, 0.1) is 0 Å². The van der Waals surface area contributed by atoms with Crippen LogP contribution in [-0.2, 0) is 49.2 Å². The van der Waals surface area contributed by atoms with E-state index >= 15 is 0 Å². The summed E-state index contributed by atoms with van der Waals surface area (Å²) in [6, 6.07) is 0. The third-order valence-corrected chi connectivity index (χ3v) is 30.7. The molecule has 0 aromatic carbocycles. The van der Waals surface area contributed by atoms with Crippen molar-refractivity contribution < 1.29 is 27.7 Å². The van der Waals surface area contributed by atoms with E-state index in [1.165, 1.54) is 0 Å². The van der Waals surface area contributed by atoms with Crippen molar-refractivity contribution in [2.24, 2.45) is 0 Å². The summed E-state index contributed by atoms with van der Waals surface area (Å²) in [4.78, 5) is 0. The van der Waals surface area contributed by atoms with E-state index in [9.17, 15) is 12.6 Å². The first-order chi connectivity index (χ1) is 10.4. The van der Waals surface area contributed by atoms with Crippen LogP contribution in [0.1, 0.15) is 39.5 Å². The molecule has 0 aromatic heterocycles. The van der Waals surface area contributed by atoms with Gasteiger partial charge in [0.2, 0.25) is 0 Å². The summed E-state index contributed by atoms with van der Waals surface area (Å²) < 4.78 is 66.1. The van der Waals surface area contributed by atoms with Gasteiger partial charge in [-0.2, -0.15) is 0 Å². The second-order valence-electron chi connectivity index (χ2n) is 4.69. The van der Waals surface area contributed by atoms with Crippen molar-refractivity contribution >= 4 is 73.3 Å². The van der Waals surface area contributed by atoms with E-state index < -0.39 is 73.3 Å². The summed E-state index contributed by atoms with van der Waals surface area (Å²) in [6.07, 6.45) is 3.26. The van der Waals surface area contributed by atoms with Crippen LogP contribution in [0.5, 0.6) is 0 Å². The van der Waals surface area contributed by atoms with Crippen LogP contribution in [0.4, 0.5) is 0 Å². The van der Waals surface area contributed by atoms with Gasteiger partial charge in [0.15, 0.2) is 0 Å². The van der Waals surface area contributed by atoms with Crippen LogP contribution >= 0.6 is 0 Å². The monoisotopic (exact) mass is 594 g/mol. The molecule has 0 aromatic rings. The van der Waals surface area contributed by atoms with Gasteiger partial charge in [-0.05, 0) is 0 Å². The summed E-state index contributed by atoms with van der Waals surface area (Å²) in [5.41, 5.74) is 0. The van der Waals surface area contributed by atoms with E-state index in [4.69, 9.17) is 15.1 Å². The minimum atomic E-state index is -4.01. The van der Waals surface area contributed by atoms with Crippen molar-refractivity contribution in [3.8, 4) is 0 Å². The second-order valence-corrected chi connectivity index (χ2v) is 26.1. The summed E-state index contributed by atoms with van der Waals surface area (Å²) >= 11 is -13.8. The predicted octanol–water partition coefficient (Wildman–Crippen LogP) is 1.33. The molecule has 2 rings (SSSR count). The Hall–Kier alpha value is 1.81. The summed E-state index contributed by atoms with van der Waals surface area (Å²) in [5.74, 6) is 0. The molecular formula is C8H18O9S3Sn2. The van der Waals surface area contributed by atoms with Crippen LogP contribution in [0, 0.1) is 0 Å². The van der Waals surface area contributed by atoms with Gasteiger partial charge in [0.1, 0.15) is 0 Å². The zero-order chi connectivity index (χ0) is 16.2. The molecule has 0 bridgehead atoms. The molecule has 2 heterocycles. The van der Waals surface area contributed by atoms with Crippen molar-refractivity contribution in [1.82, 2.24) is 0 Å². The van der Waals surface area contributed by atoms with Gasteiger partial charge in [0, 0.05) is 0 Å². The van der Waals surface area contributed by atoms with Gasteiger partial charge < -0.3 is 0 Å². The van der Waals surface area contributed by atoms with E-state index in [0.717, 1.165) is 25.7 Å². The number of hydrogen-bond donors (Lipinski definition) is 0. The van der Waals surface area contributed by atoms with Crippen molar-refractivity contribution in [2.45, 2.75) is 48.4 Å². The number of rotatable bonds is 10. The number of hydrogen-bond acceptors (Lipinski definition) is 9. The Bertz CT molecular complexity index is 420. The van der Waals surface area contributed by atoms with Gasteiger partial charge in [-0.15, -0.1) is 0 Å². The summed E-state index contributed by atoms with van der Waals surface area (Å²) in [7, 11) is 0. The Balaban J connectivity index is 1.89. The zero-order valence-electron chi connectivity index (χ0n) is 12.1. The SMILES string of the molecule is CCC[CH2][Sn]1([O]S(=O)[O][Sn]2([CH2]CCC)[O]S(=O)[O]2)[O]S(=O)[O]1. The van der Waals surface area contributed by atoms with Gasteiger partial charge in [-0.1, -0.05) is 0 Å². The van der Waals surface area contributed by atoms with Crippen molar-refractivity contribution in [2.75, 3.05) is 0 Å². The van der Waals surface area contributed by atoms with Crippen LogP contribution in [0.2, 0.25) is 8.87 Å². The standard InChI is InChI=1S/2C4H9.3H2O3S.2Sn/c2*1-3-4-2;3*1-4(2)3;;/h2*1,3-4H2,2H3;3*(H2,1,2,3);;/q;;;;;2*+3/p-6. The molecular weight excluding hydrogens is 574 g/mol. The normalized spacial score (nSPS) is 39.0. The van der Waals surface area contributed by atoms with E-state index in [1.807, 2.05) is 13.8 Å². The summed E-state index contributed by atoms with van der Waals surface area (Å²) in [5, 5.41) is 0. The quantitative estimate of drug-likeness (QED) is 0.348. The minimum absolute atomic E-state index is 0.469. The van der Waals surface area contributed by atoms with Crippen LogP contribution in [0.25, 0.3) is 0 Å². The zero-order valence-corrected chi connectivity index (χ0v) is 20.3. The third-order valence-electron chi connectivity index (χ3n) is 2.84. The molecule has 0 amide bonds. The van der Waals surface area contributed by atoms with Crippen LogP contribution in [0.3, 0.4) is 0 Å². The Labute approximate surface area is 148 Å². The molecule has 0 saturated carbocycles. The fourth-order valence-electron chi connectivity index (χ4n) is 1.74. The molecule has 14 heteroatoms. The molecule has 2 aliphatic heterocycles. The fourth-order valence-corrected chi connectivity index (χ4v) is 28.7. The van der Waals surface area contributed by atoms with Gasteiger partial charge in [0.25, 0.3) is 0 Å². The third kappa shape index (κ3) is 5.40. The molecule has 2 aliphatic rings. The summed E-state index contributed by atoms with van der Waals surface area (Å²) in [6.45, 7) is 3.95. The van der Waals surface area contributed by atoms with Crippen LogP contribution < -0.4 is 0 Å². The first-order valence-electron chi connectivity index (χ1n) is 6.85. The Morgan fingerprint density at radius 2 is 1.23 bits per heavy atom. The molecule has 2 fully saturated rings. The van der Waals surface area contributed by atoms with Gasteiger partial charge in [-0.3, -0.25) is 0 Å².